The van der Waals surface area contributed by atoms with Crippen LogP contribution in [0.1, 0.15) is 30.7 Å². The average molecular weight is 385 g/mol. The molecule has 1 amide bonds. The average Bonchev–Trinajstić information content (AvgIpc) is 3.36. The summed E-state index contributed by atoms with van der Waals surface area (Å²) in [6.45, 7) is 1.40. The molecule has 2 atom stereocenters. The number of benzene rings is 1. The predicted octanol–water partition coefficient (Wildman–Crippen LogP) is 3.10. The summed E-state index contributed by atoms with van der Waals surface area (Å²) in [7, 11) is 1.83. The first-order chi connectivity index (χ1) is 11.9. The maximum Gasteiger partial charge on any atom is 0.317 e. The van der Waals surface area contributed by atoms with Gasteiger partial charge in [-0.05, 0) is 43.9 Å². The van der Waals surface area contributed by atoms with E-state index in [-0.39, 0.29) is 30.3 Å². The zero-order valence-corrected chi connectivity index (χ0v) is 15.6. The number of carbonyl (C=O) groups excluding carboxylic acids is 1. The second-order valence-electron chi connectivity index (χ2n) is 6.96. The van der Waals surface area contributed by atoms with Gasteiger partial charge in [-0.15, -0.1) is 0 Å². The molecule has 3 rings (SSSR count). The van der Waals surface area contributed by atoms with Gasteiger partial charge in [0.1, 0.15) is 0 Å². The van der Waals surface area contributed by atoms with E-state index in [1.165, 1.54) is 0 Å². The standard InChI is InChI=1S/C18H22Cl2N2O3/c1-21(10-16(23)24)11-5-7-22(8-6-11)18(25)14-9-13(14)12-3-2-4-15(19)17(12)20/h2-4,11,13-14H,5-10H2,1H3,(H,23,24)/t13-,14-/m0/s1. The Morgan fingerprint density at radius 2 is 1.96 bits per heavy atom. The molecule has 5 nitrogen and oxygen atoms in total. The minimum Gasteiger partial charge on any atom is -0.480 e. The Morgan fingerprint density at radius 1 is 1.28 bits per heavy atom. The van der Waals surface area contributed by atoms with Gasteiger partial charge in [0.05, 0.1) is 16.6 Å². The molecular formula is C18H22Cl2N2O3. The molecule has 136 valence electrons. The van der Waals surface area contributed by atoms with Crippen LogP contribution in [0.25, 0.3) is 0 Å². The molecule has 1 saturated carbocycles. The number of halogens is 2. The smallest absolute Gasteiger partial charge is 0.317 e. The Balaban J connectivity index is 1.54. The molecule has 1 saturated heterocycles. The summed E-state index contributed by atoms with van der Waals surface area (Å²) in [5.41, 5.74) is 0.962. The maximum absolute atomic E-state index is 12.7. The van der Waals surface area contributed by atoms with Crippen LogP contribution in [-0.2, 0) is 9.59 Å². The summed E-state index contributed by atoms with van der Waals surface area (Å²) in [6, 6.07) is 5.79. The lowest BCUT2D eigenvalue weighted by molar-refractivity contribution is -0.140. The zero-order chi connectivity index (χ0) is 18.1. The van der Waals surface area contributed by atoms with E-state index in [0.717, 1.165) is 24.8 Å². The fourth-order valence-electron chi connectivity index (χ4n) is 3.72. The second kappa shape index (κ2) is 7.52. The van der Waals surface area contributed by atoms with Crippen molar-refractivity contribution in [2.75, 3.05) is 26.7 Å². The molecular weight excluding hydrogens is 363 g/mol. The van der Waals surface area contributed by atoms with E-state index < -0.39 is 5.97 Å². The van der Waals surface area contributed by atoms with Gasteiger partial charge in [-0.3, -0.25) is 14.5 Å². The number of likely N-dealkylation sites (N-methyl/N-ethyl adjacent to an activating group) is 1. The SMILES string of the molecule is CN(CC(=O)O)C1CCN(C(=O)[C@H]2C[C@H]2c2cccc(Cl)c2Cl)CC1. The van der Waals surface area contributed by atoms with E-state index in [4.69, 9.17) is 28.3 Å². The van der Waals surface area contributed by atoms with Crippen molar-refractivity contribution in [1.82, 2.24) is 9.80 Å². The van der Waals surface area contributed by atoms with Crippen LogP contribution >= 0.6 is 23.2 Å². The van der Waals surface area contributed by atoms with Crippen molar-refractivity contribution < 1.29 is 14.7 Å². The van der Waals surface area contributed by atoms with Gasteiger partial charge in [-0.1, -0.05) is 35.3 Å². The van der Waals surface area contributed by atoms with Crippen LogP contribution in [0.5, 0.6) is 0 Å². The fraction of sp³-hybridized carbons (Fsp3) is 0.556. The molecule has 2 aliphatic rings. The highest BCUT2D eigenvalue weighted by atomic mass is 35.5. The third-order valence-electron chi connectivity index (χ3n) is 5.27. The Labute approximate surface area is 157 Å². The normalized spacial score (nSPS) is 23.8. The first-order valence-corrected chi connectivity index (χ1v) is 9.28. The Kier molecular flexibility index (Phi) is 5.56. The van der Waals surface area contributed by atoms with Crippen LogP contribution in [-0.4, -0.2) is 59.5 Å². The molecule has 1 aliphatic carbocycles. The summed E-state index contributed by atoms with van der Waals surface area (Å²) in [5.74, 6) is -0.490. The van der Waals surface area contributed by atoms with Crippen molar-refractivity contribution in [1.29, 1.82) is 0 Å². The van der Waals surface area contributed by atoms with Crippen LogP contribution in [0.4, 0.5) is 0 Å². The summed E-state index contributed by atoms with van der Waals surface area (Å²) in [5, 5.41) is 9.97. The molecule has 0 bridgehead atoms. The molecule has 0 unspecified atom stereocenters. The molecule has 1 aliphatic heterocycles. The Bertz CT molecular complexity index is 674. The van der Waals surface area contributed by atoms with E-state index >= 15 is 0 Å². The summed E-state index contributed by atoms with van der Waals surface area (Å²) < 4.78 is 0. The number of likely N-dealkylation sites (tertiary alicyclic amines) is 1. The Morgan fingerprint density at radius 3 is 2.60 bits per heavy atom. The van der Waals surface area contributed by atoms with E-state index in [1.54, 1.807) is 6.07 Å². The first-order valence-electron chi connectivity index (χ1n) is 8.53. The lowest BCUT2D eigenvalue weighted by Gasteiger charge is -2.36. The van der Waals surface area contributed by atoms with Gasteiger partial charge < -0.3 is 10.0 Å². The number of rotatable bonds is 5. The minimum atomic E-state index is -0.819. The monoisotopic (exact) mass is 384 g/mol. The fourth-order valence-corrected chi connectivity index (χ4v) is 4.17. The van der Waals surface area contributed by atoms with Crippen molar-refractivity contribution in [2.45, 2.75) is 31.2 Å². The second-order valence-corrected chi connectivity index (χ2v) is 7.74. The topological polar surface area (TPSA) is 60.9 Å². The van der Waals surface area contributed by atoms with Crippen LogP contribution < -0.4 is 0 Å². The van der Waals surface area contributed by atoms with E-state index in [1.807, 2.05) is 29.0 Å². The summed E-state index contributed by atoms with van der Waals surface area (Å²) >= 11 is 12.3. The van der Waals surface area contributed by atoms with Gasteiger partial charge in [0.2, 0.25) is 5.91 Å². The summed E-state index contributed by atoms with van der Waals surface area (Å²) in [6.07, 6.45) is 2.44. The van der Waals surface area contributed by atoms with Crippen LogP contribution in [0, 0.1) is 5.92 Å². The highest BCUT2D eigenvalue weighted by molar-refractivity contribution is 6.42. The molecule has 1 N–H and O–H groups in total. The highest BCUT2D eigenvalue weighted by Crippen LogP contribution is 2.51. The van der Waals surface area contributed by atoms with Crippen molar-refractivity contribution in [3.8, 4) is 0 Å². The molecule has 1 aromatic rings. The van der Waals surface area contributed by atoms with Crippen LogP contribution in [0.2, 0.25) is 10.0 Å². The third kappa shape index (κ3) is 4.10. The molecule has 0 aromatic heterocycles. The number of hydrogen-bond donors (Lipinski definition) is 1. The highest BCUT2D eigenvalue weighted by Gasteiger charge is 2.47. The number of carbonyl (C=O) groups is 2. The maximum atomic E-state index is 12.7. The van der Waals surface area contributed by atoms with Crippen LogP contribution in [0.15, 0.2) is 18.2 Å². The number of carboxylic acids is 1. The number of hydrogen-bond acceptors (Lipinski definition) is 3. The number of piperidine rings is 1. The molecule has 25 heavy (non-hydrogen) atoms. The van der Waals surface area contributed by atoms with Crippen molar-refractivity contribution in [3.05, 3.63) is 33.8 Å². The third-order valence-corrected chi connectivity index (χ3v) is 6.11. The lowest BCUT2D eigenvalue weighted by atomic mass is 10.0. The van der Waals surface area contributed by atoms with E-state index in [2.05, 4.69) is 0 Å². The molecule has 2 fully saturated rings. The van der Waals surface area contributed by atoms with Gasteiger partial charge in [-0.25, -0.2) is 0 Å². The first kappa shape index (κ1) is 18.5. The lowest BCUT2D eigenvalue weighted by Crippen LogP contribution is -2.47. The molecule has 0 spiro atoms. The van der Waals surface area contributed by atoms with Crippen LogP contribution in [0.3, 0.4) is 0 Å². The van der Waals surface area contributed by atoms with Gasteiger partial charge in [0.25, 0.3) is 0 Å². The molecule has 7 heteroatoms. The van der Waals surface area contributed by atoms with Gasteiger partial charge in [-0.2, -0.15) is 0 Å². The van der Waals surface area contributed by atoms with Crippen molar-refractivity contribution in [2.24, 2.45) is 5.92 Å². The van der Waals surface area contributed by atoms with Gasteiger partial charge >= 0.3 is 5.97 Å². The predicted molar refractivity (Wildman–Crippen MR) is 97.2 cm³/mol. The number of aliphatic carboxylic acids is 1. The van der Waals surface area contributed by atoms with E-state index in [9.17, 15) is 9.59 Å². The zero-order valence-electron chi connectivity index (χ0n) is 14.1. The molecule has 0 radical (unpaired) electrons. The molecule has 1 aromatic carbocycles. The van der Waals surface area contributed by atoms with Gasteiger partial charge in [0, 0.05) is 25.0 Å². The molecule has 1 heterocycles. The summed E-state index contributed by atoms with van der Waals surface area (Å²) in [4.78, 5) is 27.3. The largest absolute Gasteiger partial charge is 0.480 e. The number of carboxylic acid groups (broad SMARTS) is 1. The van der Waals surface area contributed by atoms with E-state index in [0.29, 0.717) is 23.1 Å². The number of nitrogens with zero attached hydrogens (tertiary/aromatic N) is 2. The minimum absolute atomic E-state index is 0.00994. The van der Waals surface area contributed by atoms with Gasteiger partial charge in [0.15, 0.2) is 0 Å². The Hall–Kier alpha value is -1.30. The van der Waals surface area contributed by atoms with Crippen molar-refractivity contribution >= 4 is 35.1 Å². The van der Waals surface area contributed by atoms with Crippen molar-refractivity contribution in [3.63, 3.8) is 0 Å². The quantitative estimate of drug-likeness (QED) is 0.846. The number of amides is 1.